The molecule has 0 atom stereocenters. The number of benzene rings is 2. The first-order chi connectivity index (χ1) is 16.2. The lowest BCUT2D eigenvalue weighted by Gasteiger charge is -2.36. The quantitative estimate of drug-likeness (QED) is 0.268. The highest BCUT2D eigenvalue weighted by atomic mass is 35.5. The topological polar surface area (TPSA) is 63.5 Å². The average Bonchev–Trinajstić information content (AvgIpc) is 2.88. The van der Waals surface area contributed by atoms with E-state index in [1.807, 2.05) is 36.4 Å². The van der Waals surface area contributed by atoms with E-state index in [2.05, 4.69) is 31.9 Å². The molecule has 35 heavy (non-hydrogen) atoms. The van der Waals surface area contributed by atoms with Gasteiger partial charge < -0.3 is 9.64 Å². The highest BCUT2D eigenvalue weighted by Gasteiger charge is 2.17. The molecule has 0 amide bonds. The van der Waals surface area contributed by atoms with Crippen molar-refractivity contribution in [3.63, 3.8) is 0 Å². The Bertz CT molecular complexity index is 1320. The Kier molecular flexibility index (Phi) is 9.32. The van der Waals surface area contributed by atoms with Gasteiger partial charge >= 0.3 is 0 Å². The lowest BCUT2D eigenvalue weighted by atomic mass is 10.1. The third-order valence-corrected chi connectivity index (χ3v) is 6.48. The molecular weight excluding hydrogens is 485 g/mol. The van der Waals surface area contributed by atoms with Crippen molar-refractivity contribution in [1.29, 1.82) is 0 Å². The number of methoxy groups -OCH3 is 1. The Morgan fingerprint density at radius 3 is 2.46 bits per heavy atom. The van der Waals surface area contributed by atoms with Crippen LogP contribution in [0, 0.1) is 0 Å². The molecule has 0 aliphatic carbocycles. The molecule has 0 unspecified atom stereocenters. The van der Waals surface area contributed by atoms with E-state index in [-0.39, 0.29) is 30.4 Å². The molecule has 4 aromatic rings. The number of anilines is 1. The fourth-order valence-electron chi connectivity index (χ4n) is 4.57. The van der Waals surface area contributed by atoms with Gasteiger partial charge in [0.05, 0.1) is 29.9 Å². The molecule has 7 nitrogen and oxygen atoms in total. The summed E-state index contributed by atoms with van der Waals surface area (Å²) in [5, 5.41) is 1.51. The number of fused-ring (bicyclic) bond motifs is 3. The van der Waals surface area contributed by atoms with Crippen LogP contribution in [-0.4, -0.2) is 59.3 Å². The molecule has 1 saturated heterocycles. The predicted octanol–water partition coefficient (Wildman–Crippen LogP) is 4.40. The minimum atomic E-state index is -0.00911. The van der Waals surface area contributed by atoms with Crippen LogP contribution in [0.5, 0.6) is 5.75 Å². The molecule has 1 aliphatic rings. The highest BCUT2D eigenvalue weighted by Crippen LogP contribution is 2.22. The zero-order valence-corrected chi connectivity index (χ0v) is 21.4. The number of para-hydroxylation sites is 1. The van der Waals surface area contributed by atoms with Gasteiger partial charge in [0, 0.05) is 56.1 Å². The monoisotopic (exact) mass is 515 g/mol. The van der Waals surface area contributed by atoms with Crippen molar-refractivity contribution in [3.05, 3.63) is 71.4 Å². The van der Waals surface area contributed by atoms with Gasteiger partial charge in [0.15, 0.2) is 0 Å². The van der Waals surface area contributed by atoms with Crippen LogP contribution in [0.25, 0.3) is 21.8 Å². The maximum absolute atomic E-state index is 12.9. The van der Waals surface area contributed by atoms with Crippen molar-refractivity contribution in [2.24, 2.45) is 0 Å². The molecular formula is C26H31Cl2N5O2. The minimum absolute atomic E-state index is 0. The van der Waals surface area contributed by atoms with Crippen LogP contribution in [0.3, 0.4) is 0 Å². The van der Waals surface area contributed by atoms with Crippen LogP contribution in [0.4, 0.5) is 5.69 Å². The number of rotatable bonds is 7. The molecule has 0 bridgehead atoms. The number of nitrogens with zero attached hydrogens (tertiary/aromatic N) is 5. The van der Waals surface area contributed by atoms with Crippen molar-refractivity contribution >= 4 is 52.3 Å². The number of pyridine rings is 1. The van der Waals surface area contributed by atoms with E-state index < -0.39 is 0 Å². The number of aromatic nitrogens is 3. The number of unbranched alkanes of at least 4 members (excludes halogenated alkanes) is 1. The molecule has 186 valence electrons. The smallest absolute Gasteiger partial charge is 0.262 e. The predicted molar refractivity (Wildman–Crippen MR) is 147 cm³/mol. The largest absolute Gasteiger partial charge is 0.497 e. The minimum Gasteiger partial charge on any atom is -0.497 e. The maximum atomic E-state index is 12.9. The van der Waals surface area contributed by atoms with Crippen molar-refractivity contribution in [2.75, 3.05) is 44.7 Å². The fourth-order valence-corrected chi connectivity index (χ4v) is 4.57. The molecule has 0 spiro atoms. The van der Waals surface area contributed by atoms with Crippen LogP contribution in [0.15, 0.2) is 65.8 Å². The third kappa shape index (κ3) is 5.86. The Morgan fingerprint density at radius 1 is 0.886 bits per heavy atom. The standard InChI is InChI=1S/C26H29N5O2.2ClH/c1-33-21-8-6-7-20(17-21)30-15-13-29(14-16-30)11-4-5-12-31-19-28-25-22-9-2-3-10-24(22)27-18-23(25)26(31)32;;/h2-3,6-10,17-19H,4-5,11-16H2,1H3;2*1H. The van der Waals surface area contributed by atoms with Crippen LogP contribution in [0.2, 0.25) is 0 Å². The van der Waals surface area contributed by atoms with Crippen molar-refractivity contribution in [1.82, 2.24) is 19.4 Å². The molecule has 2 aromatic heterocycles. The number of hydrogen-bond donors (Lipinski definition) is 0. The average molecular weight is 516 g/mol. The van der Waals surface area contributed by atoms with Gasteiger partial charge in [0.2, 0.25) is 0 Å². The molecule has 1 fully saturated rings. The lowest BCUT2D eigenvalue weighted by molar-refractivity contribution is 0.251. The van der Waals surface area contributed by atoms with Gasteiger partial charge in [-0.1, -0.05) is 24.3 Å². The summed E-state index contributed by atoms with van der Waals surface area (Å²) in [6.07, 6.45) is 5.35. The van der Waals surface area contributed by atoms with Gasteiger partial charge in [-0.3, -0.25) is 19.2 Å². The van der Waals surface area contributed by atoms with E-state index >= 15 is 0 Å². The summed E-state index contributed by atoms with van der Waals surface area (Å²) in [5.41, 5.74) is 2.81. The number of aryl methyl sites for hydroxylation is 1. The second kappa shape index (κ2) is 12.2. The second-order valence-electron chi connectivity index (χ2n) is 8.52. The summed E-state index contributed by atoms with van der Waals surface area (Å²) in [6, 6.07) is 16.1. The molecule has 9 heteroatoms. The zero-order valence-electron chi connectivity index (χ0n) is 19.8. The van der Waals surface area contributed by atoms with Gasteiger partial charge in [-0.05, 0) is 37.6 Å². The van der Waals surface area contributed by atoms with Gasteiger partial charge in [-0.2, -0.15) is 0 Å². The number of ether oxygens (including phenoxy) is 1. The molecule has 0 N–H and O–H groups in total. The fraction of sp³-hybridized carbons (Fsp3) is 0.346. The van der Waals surface area contributed by atoms with Crippen LogP contribution in [-0.2, 0) is 6.54 Å². The van der Waals surface area contributed by atoms with Gasteiger partial charge in [-0.25, -0.2) is 4.98 Å². The van der Waals surface area contributed by atoms with Gasteiger partial charge in [0.25, 0.3) is 5.56 Å². The zero-order chi connectivity index (χ0) is 22.6. The lowest BCUT2D eigenvalue weighted by Crippen LogP contribution is -2.46. The summed E-state index contributed by atoms with van der Waals surface area (Å²) < 4.78 is 7.07. The number of halogens is 2. The summed E-state index contributed by atoms with van der Waals surface area (Å²) in [7, 11) is 1.71. The second-order valence-corrected chi connectivity index (χ2v) is 8.52. The van der Waals surface area contributed by atoms with E-state index in [0.717, 1.165) is 67.7 Å². The van der Waals surface area contributed by atoms with E-state index in [1.165, 1.54) is 5.69 Å². The van der Waals surface area contributed by atoms with Crippen LogP contribution < -0.4 is 15.2 Å². The van der Waals surface area contributed by atoms with Crippen molar-refractivity contribution in [2.45, 2.75) is 19.4 Å². The van der Waals surface area contributed by atoms with Crippen molar-refractivity contribution < 1.29 is 4.74 Å². The summed E-state index contributed by atoms with van der Waals surface area (Å²) >= 11 is 0. The van der Waals surface area contributed by atoms with Gasteiger partial charge in [0.1, 0.15) is 5.75 Å². The molecule has 3 heterocycles. The molecule has 1 aliphatic heterocycles. The summed E-state index contributed by atoms with van der Waals surface area (Å²) in [5.74, 6) is 0.900. The molecule has 2 aromatic carbocycles. The summed E-state index contributed by atoms with van der Waals surface area (Å²) in [4.78, 5) is 26.9. The first-order valence-electron chi connectivity index (χ1n) is 11.6. The Labute approximate surface area is 217 Å². The Balaban J connectivity index is 0.00000171. The molecule has 0 saturated carbocycles. The maximum Gasteiger partial charge on any atom is 0.262 e. The van der Waals surface area contributed by atoms with E-state index in [4.69, 9.17) is 4.74 Å². The Morgan fingerprint density at radius 2 is 1.66 bits per heavy atom. The Hall–Kier alpha value is -2.87. The van der Waals surface area contributed by atoms with Crippen LogP contribution in [0.1, 0.15) is 12.8 Å². The first-order valence-corrected chi connectivity index (χ1v) is 11.6. The van der Waals surface area contributed by atoms with Gasteiger partial charge in [-0.15, -0.1) is 24.8 Å². The van der Waals surface area contributed by atoms with Crippen LogP contribution >= 0.6 is 24.8 Å². The van der Waals surface area contributed by atoms with E-state index in [9.17, 15) is 4.79 Å². The molecule has 5 rings (SSSR count). The normalized spacial score (nSPS) is 13.9. The van der Waals surface area contributed by atoms with E-state index in [1.54, 1.807) is 24.2 Å². The molecule has 0 radical (unpaired) electrons. The third-order valence-electron chi connectivity index (χ3n) is 6.48. The highest BCUT2D eigenvalue weighted by molar-refractivity contribution is 6.02. The number of piperazine rings is 1. The summed E-state index contributed by atoms with van der Waals surface area (Å²) in [6.45, 7) is 5.86. The SMILES string of the molecule is COc1cccc(N2CCN(CCCCn3cnc4c(cnc5ccccc54)c3=O)CC2)c1.Cl.Cl. The van der Waals surface area contributed by atoms with E-state index in [0.29, 0.717) is 11.9 Å². The first kappa shape index (κ1) is 26.7. The van der Waals surface area contributed by atoms with Crippen molar-refractivity contribution in [3.8, 4) is 5.75 Å². The number of hydrogen-bond acceptors (Lipinski definition) is 6.